The van der Waals surface area contributed by atoms with E-state index in [9.17, 15) is 0 Å². The average Bonchev–Trinajstić information content (AvgIpc) is 2.47. The molecule has 0 spiro atoms. The molecule has 3 rings (SSSR count). The number of ether oxygens (including phenoxy) is 1. The molecule has 0 radical (unpaired) electrons. The highest BCUT2D eigenvalue weighted by Crippen LogP contribution is 2.27. The minimum Gasteiger partial charge on any atom is -0.497 e. The van der Waals surface area contributed by atoms with Crippen LogP contribution in [0.3, 0.4) is 0 Å². The Morgan fingerprint density at radius 3 is 2.45 bits per heavy atom. The molecule has 4 heteroatoms. The van der Waals surface area contributed by atoms with Gasteiger partial charge in [-0.1, -0.05) is 23.7 Å². The first-order chi connectivity index (χ1) is 9.69. The van der Waals surface area contributed by atoms with E-state index in [-0.39, 0.29) is 0 Å². The highest BCUT2D eigenvalue weighted by Gasteiger charge is 2.09. The van der Waals surface area contributed by atoms with E-state index in [1.807, 2.05) is 49.4 Å². The van der Waals surface area contributed by atoms with Crippen molar-refractivity contribution in [1.29, 1.82) is 0 Å². The third-order valence-corrected chi connectivity index (χ3v) is 3.51. The molecule has 0 bridgehead atoms. The maximum atomic E-state index is 6.30. The molecule has 100 valence electrons. The van der Waals surface area contributed by atoms with Gasteiger partial charge < -0.3 is 4.74 Å². The summed E-state index contributed by atoms with van der Waals surface area (Å²) in [6.07, 6.45) is 0. The van der Waals surface area contributed by atoms with E-state index in [4.69, 9.17) is 16.3 Å². The van der Waals surface area contributed by atoms with E-state index in [0.29, 0.717) is 11.0 Å². The Labute approximate surface area is 122 Å². The van der Waals surface area contributed by atoms with Crippen LogP contribution in [0.15, 0.2) is 42.5 Å². The van der Waals surface area contributed by atoms with Crippen molar-refractivity contribution in [2.45, 2.75) is 6.92 Å². The van der Waals surface area contributed by atoms with Gasteiger partial charge in [0.15, 0.2) is 5.82 Å². The van der Waals surface area contributed by atoms with Crippen molar-refractivity contribution < 1.29 is 4.74 Å². The van der Waals surface area contributed by atoms with Gasteiger partial charge in [0.05, 0.1) is 12.6 Å². The fourth-order valence-corrected chi connectivity index (χ4v) is 2.50. The lowest BCUT2D eigenvalue weighted by atomic mass is 10.1. The van der Waals surface area contributed by atoms with Gasteiger partial charge in [0.2, 0.25) is 0 Å². The van der Waals surface area contributed by atoms with Crippen LogP contribution in [-0.4, -0.2) is 17.1 Å². The van der Waals surface area contributed by atoms with Crippen LogP contribution in [0.2, 0.25) is 5.15 Å². The largest absolute Gasteiger partial charge is 0.497 e. The molecule has 0 N–H and O–H groups in total. The predicted molar refractivity (Wildman–Crippen MR) is 81.3 cm³/mol. The minimum atomic E-state index is 0.485. The number of benzene rings is 2. The van der Waals surface area contributed by atoms with Crippen molar-refractivity contribution in [3.8, 4) is 17.1 Å². The standard InChI is InChI=1S/C16H13ClN2O/c1-10-4-3-5-13-14(10)15(17)19-16(18-13)11-6-8-12(20-2)9-7-11/h3-9H,1-2H3. The normalized spacial score (nSPS) is 10.8. The van der Waals surface area contributed by atoms with Gasteiger partial charge in [0.25, 0.3) is 0 Å². The van der Waals surface area contributed by atoms with Crippen molar-refractivity contribution in [3.63, 3.8) is 0 Å². The summed E-state index contributed by atoms with van der Waals surface area (Å²) in [5.74, 6) is 1.42. The third-order valence-electron chi connectivity index (χ3n) is 3.24. The van der Waals surface area contributed by atoms with E-state index in [2.05, 4.69) is 9.97 Å². The molecule has 0 atom stereocenters. The Bertz CT molecular complexity index is 769. The van der Waals surface area contributed by atoms with Crippen LogP contribution in [0.5, 0.6) is 5.75 Å². The molecule has 0 amide bonds. The van der Waals surface area contributed by atoms with E-state index in [1.165, 1.54) is 0 Å². The van der Waals surface area contributed by atoms with Crippen molar-refractivity contribution in [1.82, 2.24) is 9.97 Å². The Kier molecular flexibility index (Phi) is 3.28. The van der Waals surface area contributed by atoms with Crippen molar-refractivity contribution in [2.24, 2.45) is 0 Å². The average molecular weight is 285 g/mol. The molecule has 3 aromatic rings. The van der Waals surface area contributed by atoms with Crippen molar-refractivity contribution >= 4 is 22.5 Å². The molecule has 0 saturated carbocycles. The molecule has 1 heterocycles. The lowest BCUT2D eigenvalue weighted by Crippen LogP contribution is -1.93. The minimum absolute atomic E-state index is 0.485. The number of halogens is 1. The Morgan fingerprint density at radius 1 is 1.00 bits per heavy atom. The van der Waals surface area contributed by atoms with E-state index >= 15 is 0 Å². The van der Waals surface area contributed by atoms with Gasteiger partial charge in [-0.25, -0.2) is 9.97 Å². The lowest BCUT2D eigenvalue weighted by Gasteiger charge is -2.07. The molecule has 0 fully saturated rings. The second-order valence-corrected chi connectivity index (χ2v) is 4.89. The monoisotopic (exact) mass is 284 g/mol. The maximum Gasteiger partial charge on any atom is 0.161 e. The highest BCUT2D eigenvalue weighted by atomic mass is 35.5. The number of aryl methyl sites for hydroxylation is 1. The lowest BCUT2D eigenvalue weighted by molar-refractivity contribution is 0.415. The van der Waals surface area contributed by atoms with Gasteiger partial charge in [0.1, 0.15) is 10.9 Å². The second-order valence-electron chi connectivity index (χ2n) is 4.54. The number of hydrogen-bond acceptors (Lipinski definition) is 3. The van der Waals surface area contributed by atoms with Crippen LogP contribution in [-0.2, 0) is 0 Å². The molecule has 0 unspecified atom stereocenters. The number of nitrogens with zero attached hydrogens (tertiary/aromatic N) is 2. The predicted octanol–water partition coefficient (Wildman–Crippen LogP) is 4.27. The number of rotatable bonds is 2. The molecule has 20 heavy (non-hydrogen) atoms. The molecule has 1 aromatic heterocycles. The first kappa shape index (κ1) is 12.9. The summed E-state index contributed by atoms with van der Waals surface area (Å²) in [7, 11) is 1.64. The van der Waals surface area contributed by atoms with Gasteiger partial charge in [-0.15, -0.1) is 0 Å². The summed E-state index contributed by atoms with van der Waals surface area (Å²) in [6.45, 7) is 2.00. The summed E-state index contributed by atoms with van der Waals surface area (Å²) < 4.78 is 5.15. The molecule has 0 aliphatic rings. The maximum absolute atomic E-state index is 6.30. The molecule has 2 aromatic carbocycles. The number of methoxy groups -OCH3 is 1. The van der Waals surface area contributed by atoms with Crippen LogP contribution in [0.1, 0.15) is 5.56 Å². The van der Waals surface area contributed by atoms with Crippen LogP contribution in [0.4, 0.5) is 0 Å². The third kappa shape index (κ3) is 2.21. The number of fused-ring (bicyclic) bond motifs is 1. The molecule has 0 aliphatic carbocycles. The zero-order chi connectivity index (χ0) is 14.1. The smallest absolute Gasteiger partial charge is 0.161 e. The van der Waals surface area contributed by atoms with Crippen molar-refractivity contribution in [2.75, 3.05) is 7.11 Å². The molecule has 0 saturated heterocycles. The molecule has 0 aliphatic heterocycles. The van der Waals surface area contributed by atoms with Crippen molar-refractivity contribution in [3.05, 3.63) is 53.2 Å². The number of hydrogen-bond donors (Lipinski definition) is 0. The number of aromatic nitrogens is 2. The summed E-state index contributed by atoms with van der Waals surface area (Å²) in [5, 5.41) is 1.39. The van der Waals surface area contributed by atoms with Gasteiger partial charge in [-0.3, -0.25) is 0 Å². The topological polar surface area (TPSA) is 35.0 Å². The summed E-state index contributed by atoms with van der Waals surface area (Å²) in [4.78, 5) is 8.99. The van der Waals surface area contributed by atoms with E-state index < -0.39 is 0 Å². The Hall–Kier alpha value is -2.13. The van der Waals surface area contributed by atoms with E-state index in [1.54, 1.807) is 7.11 Å². The van der Waals surface area contributed by atoms with Crippen LogP contribution in [0, 0.1) is 6.92 Å². The van der Waals surface area contributed by atoms with E-state index in [0.717, 1.165) is 27.8 Å². The van der Waals surface area contributed by atoms with Crippen LogP contribution >= 0.6 is 11.6 Å². The first-order valence-electron chi connectivity index (χ1n) is 6.26. The van der Waals surface area contributed by atoms with Crippen LogP contribution in [0.25, 0.3) is 22.3 Å². The Morgan fingerprint density at radius 2 is 1.75 bits per heavy atom. The van der Waals surface area contributed by atoms with Gasteiger partial charge in [-0.2, -0.15) is 0 Å². The molecular weight excluding hydrogens is 272 g/mol. The molecular formula is C16H13ClN2O. The zero-order valence-electron chi connectivity index (χ0n) is 11.2. The SMILES string of the molecule is COc1ccc(-c2nc(Cl)c3c(C)cccc3n2)cc1. The second kappa shape index (κ2) is 5.10. The Balaban J connectivity index is 2.17. The van der Waals surface area contributed by atoms with Crippen LogP contribution < -0.4 is 4.74 Å². The molecule has 3 nitrogen and oxygen atoms in total. The zero-order valence-corrected chi connectivity index (χ0v) is 12.0. The highest BCUT2D eigenvalue weighted by molar-refractivity contribution is 6.34. The van der Waals surface area contributed by atoms with Gasteiger partial charge >= 0.3 is 0 Å². The fraction of sp³-hybridized carbons (Fsp3) is 0.125. The summed E-state index contributed by atoms with van der Waals surface area (Å²) in [6, 6.07) is 13.5. The van der Waals surface area contributed by atoms with Gasteiger partial charge in [0, 0.05) is 10.9 Å². The summed E-state index contributed by atoms with van der Waals surface area (Å²) >= 11 is 6.30. The van der Waals surface area contributed by atoms with Gasteiger partial charge in [-0.05, 0) is 42.8 Å². The first-order valence-corrected chi connectivity index (χ1v) is 6.64. The fourth-order valence-electron chi connectivity index (χ4n) is 2.17. The summed E-state index contributed by atoms with van der Waals surface area (Å²) in [5.41, 5.74) is 2.85. The quantitative estimate of drug-likeness (QED) is 0.659.